The average Bonchev–Trinajstić information content (AvgIpc) is 2.88. The molecule has 0 aromatic carbocycles. The zero-order chi connectivity index (χ0) is 9.80. The topological polar surface area (TPSA) is 47.0 Å². The van der Waals surface area contributed by atoms with Crippen molar-refractivity contribution in [2.75, 3.05) is 13.7 Å². The molecule has 0 aliphatic heterocycles. The van der Waals surface area contributed by atoms with E-state index in [4.69, 9.17) is 4.74 Å². The van der Waals surface area contributed by atoms with Crippen molar-refractivity contribution in [3.63, 3.8) is 0 Å². The van der Waals surface area contributed by atoms with Crippen LogP contribution in [0.2, 0.25) is 0 Å². The van der Waals surface area contributed by atoms with Gasteiger partial charge in [0.1, 0.15) is 5.01 Å². The molecule has 0 amide bonds. The van der Waals surface area contributed by atoms with Gasteiger partial charge in [-0.1, -0.05) is 24.2 Å². The van der Waals surface area contributed by atoms with Crippen molar-refractivity contribution < 1.29 is 4.74 Å². The molecule has 14 heavy (non-hydrogen) atoms. The molecular weight excluding hydrogens is 198 g/mol. The Morgan fingerprint density at radius 1 is 1.50 bits per heavy atom. The Morgan fingerprint density at radius 3 is 3.07 bits per heavy atom. The van der Waals surface area contributed by atoms with Gasteiger partial charge in [0.15, 0.2) is 0 Å². The third kappa shape index (κ3) is 2.92. The Balaban J connectivity index is 1.71. The van der Waals surface area contributed by atoms with Crippen molar-refractivity contribution in [2.24, 2.45) is 5.92 Å². The third-order valence-electron chi connectivity index (χ3n) is 2.22. The predicted octanol–water partition coefficient (Wildman–Crippen LogP) is 1.44. The molecule has 2 rings (SSSR count). The van der Waals surface area contributed by atoms with Gasteiger partial charge in [-0.3, -0.25) is 0 Å². The number of rotatable bonds is 6. The summed E-state index contributed by atoms with van der Waals surface area (Å²) in [7, 11) is 1.90. The predicted molar refractivity (Wildman–Crippen MR) is 55.5 cm³/mol. The Hall–Kier alpha value is -0.680. The van der Waals surface area contributed by atoms with E-state index < -0.39 is 0 Å². The molecule has 0 unspecified atom stereocenters. The third-order valence-corrected chi connectivity index (χ3v) is 3.06. The smallest absolute Gasteiger partial charge is 0.294 e. The van der Waals surface area contributed by atoms with Gasteiger partial charge in [-0.25, -0.2) is 0 Å². The van der Waals surface area contributed by atoms with E-state index in [1.165, 1.54) is 30.6 Å². The van der Waals surface area contributed by atoms with Crippen molar-refractivity contribution in [1.29, 1.82) is 0 Å². The second kappa shape index (κ2) is 4.70. The lowest BCUT2D eigenvalue weighted by molar-refractivity contribution is 0.298. The maximum Gasteiger partial charge on any atom is 0.294 e. The molecule has 5 heteroatoms. The van der Waals surface area contributed by atoms with E-state index >= 15 is 0 Å². The fourth-order valence-corrected chi connectivity index (χ4v) is 1.96. The SMILES string of the molecule is CNCc1nnc(OCCC2CC2)s1. The molecule has 0 spiro atoms. The molecule has 1 aliphatic rings. The number of ether oxygens (including phenoxy) is 1. The summed E-state index contributed by atoms with van der Waals surface area (Å²) in [5, 5.41) is 12.7. The molecule has 0 atom stereocenters. The summed E-state index contributed by atoms with van der Waals surface area (Å²) in [5.74, 6) is 0.916. The highest BCUT2D eigenvalue weighted by molar-refractivity contribution is 7.13. The quantitative estimate of drug-likeness (QED) is 0.776. The molecule has 1 N–H and O–H groups in total. The van der Waals surface area contributed by atoms with E-state index in [0.717, 1.165) is 24.1 Å². The van der Waals surface area contributed by atoms with E-state index in [1.54, 1.807) is 0 Å². The van der Waals surface area contributed by atoms with Gasteiger partial charge in [0, 0.05) is 6.54 Å². The van der Waals surface area contributed by atoms with Crippen molar-refractivity contribution in [2.45, 2.75) is 25.8 Å². The first kappa shape index (κ1) is 9.86. The van der Waals surface area contributed by atoms with Crippen LogP contribution < -0.4 is 10.1 Å². The van der Waals surface area contributed by atoms with E-state index in [9.17, 15) is 0 Å². The second-order valence-corrected chi connectivity index (χ2v) is 4.60. The van der Waals surface area contributed by atoms with E-state index in [1.807, 2.05) is 7.05 Å². The normalized spacial score (nSPS) is 15.8. The summed E-state index contributed by atoms with van der Waals surface area (Å²) < 4.78 is 5.50. The van der Waals surface area contributed by atoms with Crippen LogP contribution in [0.1, 0.15) is 24.3 Å². The molecule has 0 saturated heterocycles. The molecule has 4 nitrogen and oxygen atoms in total. The minimum absolute atomic E-state index is 0.705. The van der Waals surface area contributed by atoms with Crippen LogP contribution in [-0.2, 0) is 6.54 Å². The summed E-state index contributed by atoms with van der Waals surface area (Å²) in [6.07, 6.45) is 3.93. The zero-order valence-corrected chi connectivity index (χ0v) is 9.14. The summed E-state index contributed by atoms with van der Waals surface area (Å²) in [5.41, 5.74) is 0. The first-order chi connectivity index (χ1) is 6.88. The first-order valence-corrected chi connectivity index (χ1v) is 5.80. The summed E-state index contributed by atoms with van der Waals surface area (Å²) in [6, 6.07) is 0. The maximum atomic E-state index is 5.50. The first-order valence-electron chi connectivity index (χ1n) is 4.98. The van der Waals surface area contributed by atoms with Gasteiger partial charge in [-0.05, 0) is 19.4 Å². The van der Waals surface area contributed by atoms with Gasteiger partial charge >= 0.3 is 0 Å². The average molecular weight is 213 g/mol. The van der Waals surface area contributed by atoms with E-state index in [2.05, 4.69) is 15.5 Å². The van der Waals surface area contributed by atoms with Crippen molar-refractivity contribution in [1.82, 2.24) is 15.5 Å². The maximum absolute atomic E-state index is 5.50. The summed E-state index contributed by atoms with van der Waals surface area (Å²) in [4.78, 5) is 0. The lowest BCUT2D eigenvalue weighted by Crippen LogP contribution is -2.04. The number of aromatic nitrogens is 2. The van der Waals surface area contributed by atoms with Crippen LogP contribution in [-0.4, -0.2) is 23.9 Å². The number of hydrogen-bond donors (Lipinski definition) is 1. The molecule has 1 aromatic rings. The molecular formula is C9H15N3OS. The molecule has 0 radical (unpaired) electrons. The lowest BCUT2D eigenvalue weighted by Gasteiger charge is -1.98. The van der Waals surface area contributed by atoms with Crippen molar-refractivity contribution in [3.05, 3.63) is 5.01 Å². The number of nitrogens with zero attached hydrogens (tertiary/aromatic N) is 2. The Bertz CT molecular complexity index is 285. The van der Waals surface area contributed by atoms with Gasteiger partial charge in [-0.2, -0.15) is 0 Å². The summed E-state index contributed by atoms with van der Waals surface area (Å²) >= 11 is 1.52. The van der Waals surface area contributed by atoms with Gasteiger partial charge in [0.25, 0.3) is 5.19 Å². The molecule has 1 aromatic heterocycles. The van der Waals surface area contributed by atoms with Crippen LogP contribution in [0.5, 0.6) is 5.19 Å². The van der Waals surface area contributed by atoms with Gasteiger partial charge in [0.05, 0.1) is 6.61 Å². The molecule has 1 saturated carbocycles. The highest BCUT2D eigenvalue weighted by Gasteiger charge is 2.20. The molecule has 1 aliphatic carbocycles. The van der Waals surface area contributed by atoms with E-state index in [0.29, 0.717) is 5.19 Å². The van der Waals surface area contributed by atoms with Crippen LogP contribution >= 0.6 is 11.3 Å². The molecule has 1 heterocycles. The lowest BCUT2D eigenvalue weighted by atomic mass is 10.3. The number of nitrogens with one attached hydrogen (secondary N) is 1. The minimum atomic E-state index is 0.705. The Morgan fingerprint density at radius 2 is 2.36 bits per heavy atom. The summed E-state index contributed by atoms with van der Waals surface area (Å²) in [6.45, 7) is 1.56. The Kier molecular flexibility index (Phi) is 3.31. The molecule has 78 valence electrons. The van der Waals surface area contributed by atoms with Gasteiger partial charge < -0.3 is 10.1 Å². The van der Waals surface area contributed by atoms with Crippen molar-refractivity contribution >= 4 is 11.3 Å². The Labute approximate surface area is 87.7 Å². The highest BCUT2D eigenvalue weighted by Crippen LogP contribution is 2.32. The van der Waals surface area contributed by atoms with Gasteiger partial charge in [-0.15, -0.1) is 10.2 Å². The minimum Gasteiger partial charge on any atom is -0.469 e. The monoisotopic (exact) mass is 213 g/mol. The van der Waals surface area contributed by atoms with Crippen molar-refractivity contribution in [3.8, 4) is 5.19 Å². The fourth-order valence-electron chi connectivity index (χ4n) is 1.24. The van der Waals surface area contributed by atoms with Gasteiger partial charge in [0.2, 0.25) is 0 Å². The molecule has 0 bridgehead atoms. The van der Waals surface area contributed by atoms with E-state index in [-0.39, 0.29) is 0 Å². The van der Waals surface area contributed by atoms with Crippen LogP contribution in [0.4, 0.5) is 0 Å². The largest absolute Gasteiger partial charge is 0.469 e. The van der Waals surface area contributed by atoms with Crippen LogP contribution in [0.25, 0.3) is 0 Å². The highest BCUT2D eigenvalue weighted by atomic mass is 32.1. The second-order valence-electron chi connectivity index (χ2n) is 3.57. The van der Waals surface area contributed by atoms with Crippen LogP contribution in [0.15, 0.2) is 0 Å². The number of hydrogen-bond acceptors (Lipinski definition) is 5. The van der Waals surface area contributed by atoms with Crippen LogP contribution in [0, 0.1) is 5.92 Å². The fraction of sp³-hybridized carbons (Fsp3) is 0.778. The molecule has 1 fully saturated rings. The zero-order valence-electron chi connectivity index (χ0n) is 8.32. The standard InChI is InChI=1S/C9H15N3OS/c1-10-6-8-11-12-9(14-8)13-5-4-7-2-3-7/h7,10H,2-6H2,1H3. The van der Waals surface area contributed by atoms with Crippen LogP contribution in [0.3, 0.4) is 0 Å².